The number of rotatable bonds is 5. The van der Waals surface area contributed by atoms with Crippen LogP contribution >= 0.6 is 11.6 Å². The Hall–Kier alpha value is -2.73. The van der Waals surface area contributed by atoms with Crippen molar-refractivity contribution in [2.75, 3.05) is 10.6 Å². The molecule has 0 spiro atoms. The van der Waals surface area contributed by atoms with Crippen molar-refractivity contribution < 1.29 is 4.39 Å². The fourth-order valence-electron chi connectivity index (χ4n) is 2.11. The van der Waals surface area contributed by atoms with Gasteiger partial charge >= 0.3 is 0 Å². The molecule has 3 rings (SSSR count). The van der Waals surface area contributed by atoms with Crippen molar-refractivity contribution in [3.8, 4) is 0 Å². The average Bonchev–Trinajstić information content (AvgIpc) is 2.57. The molecular formula is C17H15ClFN5. The topological polar surface area (TPSA) is 62.7 Å². The van der Waals surface area contributed by atoms with Crippen molar-refractivity contribution in [1.29, 1.82) is 0 Å². The number of nitrogens with zero attached hydrogens (tertiary/aromatic N) is 3. The molecule has 0 radical (unpaired) electrons. The number of anilines is 3. The van der Waals surface area contributed by atoms with E-state index in [1.54, 1.807) is 18.5 Å². The van der Waals surface area contributed by atoms with Gasteiger partial charge in [-0.1, -0.05) is 17.7 Å². The SMILES string of the molecule is Cc1cc(NCc2cccnc2)nc(Nc2ccc(F)c(Cl)c2)n1. The van der Waals surface area contributed by atoms with E-state index in [4.69, 9.17) is 11.6 Å². The highest BCUT2D eigenvalue weighted by Gasteiger charge is 2.05. The number of hydrogen-bond acceptors (Lipinski definition) is 5. The first-order valence-electron chi connectivity index (χ1n) is 7.31. The van der Waals surface area contributed by atoms with E-state index >= 15 is 0 Å². The number of benzene rings is 1. The van der Waals surface area contributed by atoms with Crippen molar-refractivity contribution in [3.05, 3.63) is 70.9 Å². The Morgan fingerprint density at radius 2 is 2.04 bits per heavy atom. The summed E-state index contributed by atoms with van der Waals surface area (Å²) in [4.78, 5) is 12.8. The molecule has 0 fully saturated rings. The summed E-state index contributed by atoms with van der Waals surface area (Å²) in [6.45, 7) is 2.48. The minimum Gasteiger partial charge on any atom is -0.366 e. The van der Waals surface area contributed by atoms with Gasteiger partial charge in [-0.05, 0) is 36.8 Å². The van der Waals surface area contributed by atoms with Crippen molar-refractivity contribution >= 4 is 29.1 Å². The lowest BCUT2D eigenvalue weighted by molar-refractivity contribution is 0.628. The van der Waals surface area contributed by atoms with E-state index in [9.17, 15) is 4.39 Å². The van der Waals surface area contributed by atoms with Crippen LogP contribution in [-0.4, -0.2) is 15.0 Å². The highest BCUT2D eigenvalue weighted by Crippen LogP contribution is 2.22. The molecule has 0 unspecified atom stereocenters. The van der Waals surface area contributed by atoms with Gasteiger partial charge in [0.1, 0.15) is 11.6 Å². The molecule has 1 aromatic carbocycles. The molecule has 0 aliphatic heterocycles. The van der Waals surface area contributed by atoms with Gasteiger partial charge in [-0.15, -0.1) is 0 Å². The van der Waals surface area contributed by atoms with E-state index < -0.39 is 5.82 Å². The van der Waals surface area contributed by atoms with Gasteiger partial charge in [0.15, 0.2) is 0 Å². The molecule has 5 nitrogen and oxygen atoms in total. The second-order valence-electron chi connectivity index (χ2n) is 5.19. The minimum atomic E-state index is -0.466. The molecule has 24 heavy (non-hydrogen) atoms. The van der Waals surface area contributed by atoms with Crippen LogP contribution < -0.4 is 10.6 Å². The lowest BCUT2D eigenvalue weighted by Gasteiger charge is -2.10. The predicted molar refractivity (Wildman–Crippen MR) is 93.0 cm³/mol. The predicted octanol–water partition coefficient (Wildman–Crippen LogP) is 4.33. The van der Waals surface area contributed by atoms with Crippen LogP contribution in [0.25, 0.3) is 0 Å². The Bertz CT molecular complexity index is 842. The van der Waals surface area contributed by atoms with Crippen molar-refractivity contribution in [2.24, 2.45) is 0 Å². The van der Waals surface area contributed by atoms with E-state index in [1.165, 1.54) is 12.1 Å². The summed E-state index contributed by atoms with van der Waals surface area (Å²) in [5.41, 5.74) is 2.47. The fraction of sp³-hybridized carbons (Fsp3) is 0.118. The van der Waals surface area contributed by atoms with Gasteiger partial charge in [0.2, 0.25) is 5.95 Å². The van der Waals surface area contributed by atoms with E-state index in [1.807, 2.05) is 25.1 Å². The molecule has 0 atom stereocenters. The van der Waals surface area contributed by atoms with Crippen LogP contribution in [0, 0.1) is 12.7 Å². The number of halogens is 2. The monoisotopic (exact) mass is 343 g/mol. The van der Waals surface area contributed by atoms with Gasteiger partial charge in [0, 0.05) is 36.4 Å². The molecule has 0 aliphatic rings. The summed E-state index contributed by atoms with van der Waals surface area (Å²) in [5, 5.41) is 6.30. The molecule has 0 bridgehead atoms. The van der Waals surface area contributed by atoms with Crippen LogP contribution in [0.5, 0.6) is 0 Å². The third kappa shape index (κ3) is 4.17. The lowest BCUT2D eigenvalue weighted by atomic mass is 10.3. The van der Waals surface area contributed by atoms with Gasteiger partial charge in [0.05, 0.1) is 5.02 Å². The average molecular weight is 344 g/mol. The Morgan fingerprint density at radius 1 is 1.17 bits per heavy atom. The molecular weight excluding hydrogens is 329 g/mol. The quantitative estimate of drug-likeness (QED) is 0.722. The standard InChI is InChI=1S/C17H15ClFN5/c1-11-7-16(21-10-12-3-2-6-20-9-12)24-17(22-11)23-13-4-5-15(19)14(18)8-13/h2-9H,10H2,1H3,(H2,21,22,23,24). The van der Waals surface area contributed by atoms with Crippen molar-refractivity contribution in [3.63, 3.8) is 0 Å². The second kappa shape index (κ2) is 7.23. The zero-order chi connectivity index (χ0) is 16.9. The van der Waals surface area contributed by atoms with Gasteiger partial charge in [-0.3, -0.25) is 4.98 Å². The minimum absolute atomic E-state index is 0.0441. The summed E-state index contributed by atoms with van der Waals surface area (Å²) < 4.78 is 13.2. The van der Waals surface area contributed by atoms with E-state index in [2.05, 4.69) is 25.6 Å². The maximum Gasteiger partial charge on any atom is 0.229 e. The number of pyridine rings is 1. The van der Waals surface area contributed by atoms with Crippen LogP contribution in [0.3, 0.4) is 0 Å². The van der Waals surface area contributed by atoms with E-state index in [0.29, 0.717) is 24.0 Å². The first-order chi connectivity index (χ1) is 11.6. The Morgan fingerprint density at radius 3 is 2.79 bits per heavy atom. The van der Waals surface area contributed by atoms with E-state index in [-0.39, 0.29) is 5.02 Å². The number of nitrogens with one attached hydrogen (secondary N) is 2. The molecule has 2 aromatic heterocycles. The van der Waals surface area contributed by atoms with Gasteiger partial charge in [-0.2, -0.15) is 4.98 Å². The zero-order valence-corrected chi connectivity index (χ0v) is 13.7. The summed E-state index contributed by atoms with van der Waals surface area (Å²) in [6.07, 6.45) is 3.52. The number of aryl methyl sites for hydroxylation is 1. The number of aromatic nitrogens is 3. The highest BCUT2D eigenvalue weighted by molar-refractivity contribution is 6.31. The summed E-state index contributed by atoms with van der Waals surface area (Å²) in [7, 11) is 0. The molecule has 122 valence electrons. The summed E-state index contributed by atoms with van der Waals surface area (Å²) in [5.74, 6) is 0.625. The lowest BCUT2D eigenvalue weighted by Crippen LogP contribution is -2.05. The maximum atomic E-state index is 13.2. The molecule has 7 heteroatoms. The molecule has 3 aromatic rings. The Balaban J connectivity index is 1.74. The van der Waals surface area contributed by atoms with Gasteiger partial charge < -0.3 is 10.6 Å². The third-order valence-corrected chi connectivity index (χ3v) is 3.52. The summed E-state index contributed by atoms with van der Waals surface area (Å²) in [6, 6.07) is 10.1. The van der Waals surface area contributed by atoms with Crippen LogP contribution in [0.2, 0.25) is 5.02 Å². The Kier molecular flexibility index (Phi) is 4.86. The zero-order valence-electron chi connectivity index (χ0n) is 12.9. The molecule has 2 N–H and O–H groups in total. The van der Waals surface area contributed by atoms with E-state index in [0.717, 1.165) is 11.3 Å². The maximum absolute atomic E-state index is 13.2. The first kappa shape index (κ1) is 16.1. The van der Waals surface area contributed by atoms with Crippen LogP contribution in [0.1, 0.15) is 11.3 Å². The van der Waals surface area contributed by atoms with Crippen LogP contribution in [0.4, 0.5) is 21.8 Å². The van der Waals surface area contributed by atoms with Gasteiger partial charge in [0.25, 0.3) is 0 Å². The Labute approximate surface area is 144 Å². The highest BCUT2D eigenvalue weighted by atomic mass is 35.5. The van der Waals surface area contributed by atoms with Crippen molar-refractivity contribution in [1.82, 2.24) is 15.0 Å². The smallest absolute Gasteiger partial charge is 0.229 e. The molecule has 0 aliphatic carbocycles. The van der Waals surface area contributed by atoms with Crippen molar-refractivity contribution in [2.45, 2.75) is 13.5 Å². The summed E-state index contributed by atoms with van der Waals surface area (Å²) >= 11 is 5.79. The first-order valence-corrected chi connectivity index (χ1v) is 7.68. The van der Waals surface area contributed by atoms with Crippen LogP contribution in [-0.2, 0) is 6.54 Å². The third-order valence-electron chi connectivity index (χ3n) is 3.23. The second-order valence-corrected chi connectivity index (χ2v) is 5.59. The van der Waals surface area contributed by atoms with Crippen LogP contribution in [0.15, 0.2) is 48.8 Å². The fourth-order valence-corrected chi connectivity index (χ4v) is 2.29. The number of hydrogen-bond donors (Lipinski definition) is 2. The largest absolute Gasteiger partial charge is 0.366 e. The normalized spacial score (nSPS) is 10.5. The molecule has 2 heterocycles. The molecule has 0 saturated heterocycles. The molecule has 0 saturated carbocycles. The molecule has 0 amide bonds. The van der Waals surface area contributed by atoms with Gasteiger partial charge in [-0.25, -0.2) is 9.37 Å².